The highest BCUT2D eigenvalue weighted by Crippen LogP contribution is 2.31. The van der Waals surface area contributed by atoms with Gasteiger partial charge in [0.05, 0.1) is 12.6 Å². The minimum absolute atomic E-state index is 0.00764. The normalized spacial score (nSPS) is 19.8. The van der Waals surface area contributed by atoms with Gasteiger partial charge in [0, 0.05) is 26.2 Å². The second-order valence-electron chi connectivity index (χ2n) is 7.67. The maximum absolute atomic E-state index is 12.8. The molecule has 1 N–H and O–H groups in total. The number of nitrogens with zero attached hydrogens (tertiary/aromatic N) is 2. The number of piperazine rings is 1. The molecule has 1 fully saturated rings. The van der Waals surface area contributed by atoms with Crippen LogP contribution in [-0.4, -0.2) is 67.0 Å². The number of nitrogens with one attached hydrogen (secondary N) is 1. The maximum atomic E-state index is 12.8. The molecule has 2 amide bonds. The largest absolute Gasteiger partial charge is 0.485 e. The van der Waals surface area contributed by atoms with E-state index in [0.29, 0.717) is 44.2 Å². The number of carbonyl (C=O) groups excluding carboxylic acids is 2. The van der Waals surface area contributed by atoms with E-state index in [9.17, 15) is 9.59 Å². The lowest BCUT2D eigenvalue weighted by molar-refractivity contribution is -0.143. The number of rotatable bonds is 5. The van der Waals surface area contributed by atoms with Gasteiger partial charge >= 0.3 is 0 Å². The number of carbonyl (C=O) groups is 2. The zero-order chi connectivity index (χ0) is 20.9. The number of benzene rings is 2. The highest BCUT2D eigenvalue weighted by molar-refractivity contribution is 5.82. The monoisotopic (exact) mass is 409 g/mol. The summed E-state index contributed by atoms with van der Waals surface area (Å²) < 4.78 is 11.5. The van der Waals surface area contributed by atoms with E-state index in [2.05, 4.69) is 10.2 Å². The Bertz CT molecular complexity index is 881. The van der Waals surface area contributed by atoms with Crippen LogP contribution in [0.2, 0.25) is 0 Å². The fraction of sp³-hybridized carbons (Fsp3) is 0.391. The van der Waals surface area contributed by atoms with Crippen LogP contribution in [0.4, 0.5) is 0 Å². The van der Waals surface area contributed by atoms with E-state index in [1.165, 1.54) is 0 Å². The Morgan fingerprint density at radius 3 is 2.40 bits per heavy atom. The van der Waals surface area contributed by atoms with Crippen molar-refractivity contribution in [2.75, 3.05) is 39.3 Å². The van der Waals surface area contributed by atoms with Crippen LogP contribution in [0.15, 0.2) is 54.6 Å². The average Bonchev–Trinajstić information content (AvgIpc) is 2.79. The van der Waals surface area contributed by atoms with Crippen LogP contribution in [0, 0.1) is 0 Å². The van der Waals surface area contributed by atoms with Crippen molar-refractivity contribution >= 4 is 11.8 Å². The minimum Gasteiger partial charge on any atom is -0.485 e. The summed E-state index contributed by atoms with van der Waals surface area (Å²) in [6.07, 6.45) is -0.624. The Balaban J connectivity index is 1.23. The molecule has 0 bridgehead atoms. The summed E-state index contributed by atoms with van der Waals surface area (Å²) in [5.74, 6) is 1.20. The summed E-state index contributed by atoms with van der Waals surface area (Å²) in [5, 5.41) is 3.04. The quantitative estimate of drug-likeness (QED) is 0.816. The Hall–Kier alpha value is -3.06. The molecule has 2 aromatic rings. The predicted molar refractivity (Wildman–Crippen MR) is 112 cm³/mol. The maximum Gasteiger partial charge on any atom is 0.267 e. The molecule has 2 atom stereocenters. The molecule has 0 spiro atoms. The molecule has 0 unspecified atom stereocenters. The van der Waals surface area contributed by atoms with E-state index in [1.807, 2.05) is 61.5 Å². The summed E-state index contributed by atoms with van der Waals surface area (Å²) in [5.41, 5.74) is 1.08. The topological polar surface area (TPSA) is 71.1 Å². The van der Waals surface area contributed by atoms with Gasteiger partial charge in [-0.1, -0.05) is 42.5 Å². The Labute approximate surface area is 176 Å². The Morgan fingerprint density at radius 2 is 1.67 bits per heavy atom. The molecule has 1 saturated heterocycles. The van der Waals surface area contributed by atoms with Crippen LogP contribution < -0.4 is 14.8 Å². The van der Waals surface area contributed by atoms with E-state index in [4.69, 9.17) is 9.47 Å². The SMILES string of the molecule is C[C@H](NC(=O)CN1CCN(C(=O)[C@@H]2COc3ccccc3O2)CC1)c1ccccc1. The van der Waals surface area contributed by atoms with Crippen molar-refractivity contribution in [2.24, 2.45) is 0 Å². The van der Waals surface area contributed by atoms with Gasteiger partial charge in [-0.3, -0.25) is 14.5 Å². The number of hydrogen-bond donors (Lipinski definition) is 1. The van der Waals surface area contributed by atoms with Gasteiger partial charge in [0.2, 0.25) is 12.0 Å². The van der Waals surface area contributed by atoms with Gasteiger partial charge in [-0.15, -0.1) is 0 Å². The third kappa shape index (κ3) is 4.74. The van der Waals surface area contributed by atoms with Crippen molar-refractivity contribution < 1.29 is 19.1 Å². The van der Waals surface area contributed by atoms with Crippen LogP contribution in [-0.2, 0) is 9.59 Å². The first-order valence-corrected chi connectivity index (χ1v) is 10.3. The van der Waals surface area contributed by atoms with E-state index in [0.717, 1.165) is 5.56 Å². The lowest BCUT2D eigenvalue weighted by atomic mass is 10.1. The number of hydrogen-bond acceptors (Lipinski definition) is 5. The molecule has 2 aliphatic rings. The molecular formula is C23H27N3O4. The molecule has 2 aliphatic heterocycles. The van der Waals surface area contributed by atoms with Crippen molar-refractivity contribution in [1.29, 1.82) is 0 Å². The van der Waals surface area contributed by atoms with Gasteiger partial charge in [0.1, 0.15) is 6.61 Å². The van der Waals surface area contributed by atoms with Crippen molar-refractivity contribution in [2.45, 2.75) is 19.1 Å². The van der Waals surface area contributed by atoms with Crippen LogP contribution in [0.3, 0.4) is 0 Å². The molecular weight excluding hydrogens is 382 g/mol. The zero-order valence-corrected chi connectivity index (χ0v) is 17.1. The fourth-order valence-electron chi connectivity index (χ4n) is 3.79. The minimum atomic E-state index is -0.624. The second-order valence-corrected chi connectivity index (χ2v) is 7.67. The summed E-state index contributed by atoms with van der Waals surface area (Å²) in [7, 11) is 0. The lowest BCUT2D eigenvalue weighted by Crippen LogP contribution is -2.55. The fourth-order valence-corrected chi connectivity index (χ4v) is 3.79. The average molecular weight is 409 g/mol. The second kappa shape index (κ2) is 9.17. The summed E-state index contributed by atoms with van der Waals surface area (Å²) >= 11 is 0. The van der Waals surface area contributed by atoms with Crippen LogP contribution in [0.5, 0.6) is 11.5 Å². The van der Waals surface area contributed by atoms with E-state index < -0.39 is 6.10 Å². The summed E-state index contributed by atoms with van der Waals surface area (Å²) in [6.45, 7) is 4.98. The van der Waals surface area contributed by atoms with Crippen molar-refractivity contribution in [3.8, 4) is 11.5 Å². The van der Waals surface area contributed by atoms with Crippen LogP contribution in [0.25, 0.3) is 0 Å². The van der Waals surface area contributed by atoms with Crippen LogP contribution >= 0.6 is 0 Å². The molecule has 2 heterocycles. The highest BCUT2D eigenvalue weighted by atomic mass is 16.6. The van der Waals surface area contributed by atoms with Gasteiger partial charge in [0.15, 0.2) is 11.5 Å². The van der Waals surface area contributed by atoms with Gasteiger partial charge in [-0.25, -0.2) is 0 Å². The van der Waals surface area contributed by atoms with Crippen LogP contribution in [0.1, 0.15) is 18.5 Å². The molecule has 4 rings (SSSR count). The van der Waals surface area contributed by atoms with Crippen molar-refractivity contribution in [3.05, 3.63) is 60.2 Å². The number of fused-ring (bicyclic) bond motifs is 1. The summed E-state index contributed by atoms with van der Waals surface area (Å²) in [4.78, 5) is 29.1. The van der Waals surface area contributed by atoms with E-state index >= 15 is 0 Å². The number of ether oxygens (including phenoxy) is 2. The number of para-hydroxylation sites is 2. The third-order valence-electron chi connectivity index (χ3n) is 5.51. The molecule has 0 radical (unpaired) electrons. The molecule has 0 aliphatic carbocycles. The molecule has 0 aromatic heterocycles. The lowest BCUT2D eigenvalue weighted by Gasteiger charge is -2.37. The molecule has 2 aromatic carbocycles. The Morgan fingerprint density at radius 1 is 1.00 bits per heavy atom. The molecule has 7 nitrogen and oxygen atoms in total. The van der Waals surface area contributed by atoms with Gasteiger partial charge in [-0.05, 0) is 24.6 Å². The van der Waals surface area contributed by atoms with Gasteiger partial charge in [0.25, 0.3) is 5.91 Å². The Kier molecular flexibility index (Phi) is 6.18. The third-order valence-corrected chi connectivity index (χ3v) is 5.51. The van der Waals surface area contributed by atoms with Crippen molar-refractivity contribution in [1.82, 2.24) is 15.1 Å². The molecule has 158 valence electrons. The first-order chi connectivity index (χ1) is 14.6. The molecule has 30 heavy (non-hydrogen) atoms. The smallest absolute Gasteiger partial charge is 0.267 e. The van der Waals surface area contributed by atoms with Gasteiger partial charge in [-0.2, -0.15) is 0 Å². The van der Waals surface area contributed by atoms with E-state index in [-0.39, 0.29) is 24.5 Å². The number of amides is 2. The zero-order valence-electron chi connectivity index (χ0n) is 17.1. The first kappa shape index (κ1) is 20.2. The molecule has 0 saturated carbocycles. The molecule has 7 heteroatoms. The standard InChI is InChI=1S/C23H27N3O4/c1-17(18-7-3-2-4-8-18)24-22(27)15-25-11-13-26(14-12-25)23(28)21-16-29-19-9-5-6-10-20(19)30-21/h2-10,17,21H,11-16H2,1H3,(H,24,27)/t17-,21-/m0/s1. The highest BCUT2D eigenvalue weighted by Gasteiger charge is 2.32. The summed E-state index contributed by atoms with van der Waals surface area (Å²) in [6, 6.07) is 17.2. The van der Waals surface area contributed by atoms with Crippen molar-refractivity contribution in [3.63, 3.8) is 0 Å². The first-order valence-electron chi connectivity index (χ1n) is 10.3. The van der Waals surface area contributed by atoms with Gasteiger partial charge < -0.3 is 19.7 Å². The predicted octanol–water partition coefficient (Wildman–Crippen LogP) is 1.85. The van der Waals surface area contributed by atoms with E-state index in [1.54, 1.807) is 4.90 Å².